The van der Waals surface area contributed by atoms with Crippen molar-refractivity contribution in [2.24, 2.45) is 0 Å². The molecule has 0 amide bonds. The fourth-order valence-electron chi connectivity index (χ4n) is 1.50. The van der Waals surface area contributed by atoms with Gasteiger partial charge in [-0.15, -0.1) is 11.3 Å². The molecule has 1 unspecified atom stereocenters. The summed E-state index contributed by atoms with van der Waals surface area (Å²) in [6.45, 7) is 1.95. The molecule has 0 fully saturated rings. The number of halogens is 1. The Hall–Kier alpha value is 0.01000. The van der Waals surface area contributed by atoms with E-state index in [0.29, 0.717) is 6.54 Å². The van der Waals surface area contributed by atoms with Gasteiger partial charge >= 0.3 is 0 Å². The lowest BCUT2D eigenvalue weighted by Crippen LogP contribution is -2.46. The van der Waals surface area contributed by atoms with Crippen LogP contribution in [0.3, 0.4) is 0 Å². The monoisotopic (exact) mass is 356 g/mol. The summed E-state index contributed by atoms with van der Waals surface area (Å²) < 4.78 is 27.3. The molecule has 1 rings (SSSR count). The van der Waals surface area contributed by atoms with Gasteiger partial charge in [-0.1, -0.05) is 0 Å². The quantitative estimate of drug-likeness (QED) is 0.800. The summed E-state index contributed by atoms with van der Waals surface area (Å²) >= 11 is 4.35. The molecule has 1 heterocycles. The Morgan fingerprint density at radius 1 is 1.50 bits per heavy atom. The van der Waals surface area contributed by atoms with Crippen LogP contribution < -0.4 is 4.72 Å². The van der Waals surface area contributed by atoms with Gasteiger partial charge in [0.2, 0.25) is 10.0 Å². The van der Waals surface area contributed by atoms with Crippen LogP contribution in [0.5, 0.6) is 0 Å². The van der Waals surface area contributed by atoms with E-state index in [1.54, 1.807) is 17.9 Å². The summed E-state index contributed by atoms with van der Waals surface area (Å²) in [5.74, 6) is 0. The van der Waals surface area contributed by atoms with Gasteiger partial charge in [0.15, 0.2) is 0 Å². The van der Waals surface area contributed by atoms with E-state index >= 15 is 0 Å². The topological polar surface area (TPSA) is 69.6 Å². The fourth-order valence-corrected chi connectivity index (χ4v) is 4.72. The SMILES string of the molecule is CN(C)CC(C)(O)CNS(=O)(=O)c1ccc(Br)s1. The van der Waals surface area contributed by atoms with Crippen molar-refractivity contribution in [1.29, 1.82) is 0 Å². The zero-order valence-corrected chi connectivity index (χ0v) is 13.7. The Labute approximate surface area is 120 Å². The third-order valence-corrected chi connectivity index (χ3v) is 5.63. The average Bonchev–Trinajstić information content (AvgIpc) is 2.61. The molecule has 0 spiro atoms. The molecule has 5 nitrogen and oxygen atoms in total. The lowest BCUT2D eigenvalue weighted by atomic mass is 10.1. The van der Waals surface area contributed by atoms with Crippen LogP contribution in [-0.2, 0) is 10.0 Å². The van der Waals surface area contributed by atoms with Crippen LogP contribution in [0.2, 0.25) is 0 Å². The van der Waals surface area contributed by atoms with E-state index in [9.17, 15) is 13.5 Å². The highest BCUT2D eigenvalue weighted by atomic mass is 79.9. The van der Waals surface area contributed by atoms with Crippen molar-refractivity contribution in [1.82, 2.24) is 9.62 Å². The van der Waals surface area contributed by atoms with Crippen molar-refractivity contribution in [2.45, 2.75) is 16.7 Å². The highest BCUT2D eigenvalue weighted by molar-refractivity contribution is 9.11. The maximum Gasteiger partial charge on any atom is 0.250 e. The maximum absolute atomic E-state index is 11.9. The molecule has 0 aromatic carbocycles. The number of thiophene rings is 1. The standard InChI is InChI=1S/C10H17BrN2O3S2/c1-10(14,7-13(2)3)6-12-18(15,16)9-5-4-8(11)17-9/h4-5,12,14H,6-7H2,1-3H3. The van der Waals surface area contributed by atoms with Gasteiger partial charge in [-0.05, 0) is 49.1 Å². The Morgan fingerprint density at radius 3 is 2.56 bits per heavy atom. The molecule has 1 aromatic rings. The predicted octanol–water partition coefficient (Wildman–Crippen LogP) is 1.10. The van der Waals surface area contributed by atoms with Gasteiger partial charge in [0, 0.05) is 13.1 Å². The fraction of sp³-hybridized carbons (Fsp3) is 0.600. The zero-order chi connectivity index (χ0) is 14.0. The molecule has 0 saturated heterocycles. The Bertz CT molecular complexity index is 497. The first-order chi connectivity index (χ1) is 8.12. The third-order valence-electron chi connectivity index (χ3n) is 2.11. The largest absolute Gasteiger partial charge is 0.387 e. The van der Waals surface area contributed by atoms with Crippen LogP contribution in [-0.4, -0.2) is 51.2 Å². The summed E-state index contributed by atoms with van der Waals surface area (Å²) in [5, 5.41) is 10.0. The molecule has 0 bridgehead atoms. The number of nitrogens with zero attached hydrogens (tertiary/aromatic N) is 1. The molecule has 0 aliphatic rings. The first-order valence-electron chi connectivity index (χ1n) is 5.24. The van der Waals surface area contributed by atoms with E-state index in [4.69, 9.17) is 0 Å². The predicted molar refractivity (Wildman–Crippen MR) is 76.4 cm³/mol. The van der Waals surface area contributed by atoms with E-state index in [2.05, 4.69) is 20.7 Å². The van der Waals surface area contributed by atoms with Crippen molar-refractivity contribution >= 4 is 37.3 Å². The molecule has 2 N–H and O–H groups in total. The smallest absolute Gasteiger partial charge is 0.250 e. The molecular weight excluding hydrogens is 340 g/mol. The molecular formula is C10H17BrN2O3S2. The van der Waals surface area contributed by atoms with E-state index in [0.717, 1.165) is 15.1 Å². The number of likely N-dealkylation sites (N-methyl/N-ethyl adjacent to an activating group) is 1. The van der Waals surface area contributed by atoms with Crippen LogP contribution in [0.25, 0.3) is 0 Å². The molecule has 1 aromatic heterocycles. The van der Waals surface area contributed by atoms with E-state index in [1.165, 1.54) is 6.07 Å². The Kier molecular flexibility index (Phi) is 5.33. The van der Waals surface area contributed by atoms with E-state index < -0.39 is 15.6 Å². The van der Waals surface area contributed by atoms with Crippen molar-refractivity contribution in [3.63, 3.8) is 0 Å². The summed E-state index contributed by atoms with van der Waals surface area (Å²) in [6, 6.07) is 3.20. The molecule has 0 saturated carbocycles. The molecule has 18 heavy (non-hydrogen) atoms. The van der Waals surface area contributed by atoms with E-state index in [1.807, 2.05) is 14.1 Å². The van der Waals surface area contributed by atoms with Gasteiger partial charge in [-0.3, -0.25) is 0 Å². The Morgan fingerprint density at radius 2 is 2.11 bits per heavy atom. The van der Waals surface area contributed by atoms with Crippen LogP contribution in [0.1, 0.15) is 6.92 Å². The van der Waals surface area contributed by atoms with Gasteiger partial charge in [-0.2, -0.15) is 0 Å². The van der Waals surface area contributed by atoms with Gasteiger partial charge < -0.3 is 10.0 Å². The number of sulfonamides is 1. The molecule has 0 radical (unpaired) electrons. The first kappa shape index (κ1) is 16.1. The highest BCUT2D eigenvalue weighted by Crippen LogP contribution is 2.25. The molecule has 8 heteroatoms. The van der Waals surface area contributed by atoms with E-state index in [-0.39, 0.29) is 10.8 Å². The van der Waals surface area contributed by atoms with Gasteiger partial charge in [0.1, 0.15) is 4.21 Å². The second-order valence-corrected chi connectivity index (χ2v) is 9.07. The number of hydrogen-bond acceptors (Lipinski definition) is 5. The van der Waals surface area contributed by atoms with Crippen molar-refractivity contribution in [2.75, 3.05) is 27.2 Å². The summed E-state index contributed by atoms with van der Waals surface area (Å²) in [4.78, 5) is 1.80. The summed E-state index contributed by atoms with van der Waals surface area (Å²) in [5.41, 5.74) is -1.11. The molecule has 0 aliphatic heterocycles. The molecule has 1 atom stereocenters. The number of nitrogens with one attached hydrogen (secondary N) is 1. The molecule has 0 aliphatic carbocycles. The van der Waals surface area contributed by atoms with Crippen LogP contribution >= 0.6 is 27.3 Å². The minimum absolute atomic E-state index is 0.0248. The lowest BCUT2D eigenvalue weighted by Gasteiger charge is -2.26. The average molecular weight is 357 g/mol. The minimum atomic E-state index is -3.55. The normalized spacial score (nSPS) is 15.9. The minimum Gasteiger partial charge on any atom is -0.387 e. The molecule has 104 valence electrons. The van der Waals surface area contributed by atoms with Crippen molar-refractivity contribution in [3.8, 4) is 0 Å². The van der Waals surface area contributed by atoms with Gasteiger partial charge in [0.25, 0.3) is 0 Å². The highest BCUT2D eigenvalue weighted by Gasteiger charge is 2.25. The number of hydrogen-bond donors (Lipinski definition) is 2. The second-order valence-electron chi connectivity index (χ2n) is 4.62. The van der Waals surface area contributed by atoms with Gasteiger partial charge in [-0.25, -0.2) is 13.1 Å². The van der Waals surface area contributed by atoms with Crippen molar-refractivity contribution in [3.05, 3.63) is 15.9 Å². The second kappa shape index (κ2) is 5.98. The maximum atomic E-state index is 11.9. The van der Waals surface area contributed by atoms with Crippen LogP contribution in [0, 0.1) is 0 Å². The number of rotatable bonds is 6. The third kappa shape index (κ3) is 4.94. The lowest BCUT2D eigenvalue weighted by molar-refractivity contribution is 0.0386. The first-order valence-corrected chi connectivity index (χ1v) is 8.34. The van der Waals surface area contributed by atoms with Crippen LogP contribution in [0.15, 0.2) is 20.1 Å². The summed E-state index contributed by atoms with van der Waals surface area (Å²) in [6.07, 6.45) is 0. The van der Waals surface area contributed by atoms with Gasteiger partial charge in [0.05, 0.1) is 9.39 Å². The zero-order valence-electron chi connectivity index (χ0n) is 10.5. The van der Waals surface area contributed by atoms with Crippen molar-refractivity contribution < 1.29 is 13.5 Å². The number of aliphatic hydroxyl groups is 1. The Balaban J connectivity index is 2.68. The summed E-state index contributed by atoms with van der Waals surface area (Å²) in [7, 11) is 0.0892. The van der Waals surface area contributed by atoms with Crippen LogP contribution in [0.4, 0.5) is 0 Å².